The number of ether oxygens (including phenoxy) is 1. The lowest BCUT2D eigenvalue weighted by atomic mass is 10.1. The van der Waals surface area contributed by atoms with Crippen molar-refractivity contribution in [2.24, 2.45) is 0 Å². The first-order valence-corrected chi connectivity index (χ1v) is 9.98. The largest absolute Gasteiger partial charge is 0.383 e. The number of thioether (sulfide) groups is 1. The van der Waals surface area contributed by atoms with Crippen LogP contribution < -0.4 is 0 Å². The van der Waals surface area contributed by atoms with Crippen LogP contribution in [0.4, 0.5) is 0 Å². The van der Waals surface area contributed by atoms with E-state index in [1.54, 1.807) is 15.7 Å². The minimum absolute atomic E-state index is 0.118. The third kappa shape index (κ3) is 3.68. The van der Waals surface area contributed by atoms with E-state index in [1.807, 2.05) is 18.7 Å². The molecular formula is C13H26N2O3S2. The van der Waals surface area contributed by atoms with Crippen molar-refractivity contribution in [3.05, 3.63) is 0 Å². The van der Waals surface area contributed by atoms with E-state index in [0.717, 1.165) is 37.2 Å². The standard InChI is InChI=1S/C13H26N2O3S2/c1-12-5-3-4-7-14(12)20(16,17)15(8-9-18-2)13-6-10-19-11-13/h12-13H,3-11H2,1-2H3/t12-,13-/m0/s1. The highest BCUT2D eigenvalue weighted by Crippen LogP contribution is 2.28. The van der Waals surface area contributed by atoms with Gasteiger partial charge >= 0.3 is 0 Å². The fourth-order valence-corrected chi connectivity index (χ4v) is 6.34. The summed E-state index contributed by atoms with van der Waals surface area (Å²) in [6.07, 6.45) is 4.03. The van der Waals surface area contributed by atoms with Crippen LogP contribution in [0, 0.1) is 0 Å². The summed E-state index contributed by atoms with van der Waals surface area (Å²) >= 11 is 1.84. The maximum absolute atomic E-state index is 13.0. The van der Waals surface area contributed by atoms with E-state index in [2.05, 4.69) is 0 Å². The molecule has 2 saturated heterocycles. The van der Waals surface area contributed by atoms with Crippen LogP contribution in [0.2, 0.25) is 0 Å². The lowest BCUT2D eigenvalue weighted by Gasteiger charge is -2.38. The van der Waals surface area contributed by atoms with Gasteiger partial charge in [-0.25, -0.2) is 0 Å². The first kappa shape index (κ1) is 16.5. The zero-order valence-electron chi connectivity index (χ0n) is 12.5. The van der Waals surface area contributed by atoms with Gasteiger partial charge in [0.25, 0.3) is 10.2 Å². The van der Waals surface area contributed by atoms with Gasteiger partial charge in [0.05, 0.1) is 6.61 Å². The maximum Gasteiger partial charge on any atom is 0.282 e. The van der Waals surface area contributed by atoms with Crippen LogP contribution in [0.1, 0.15) is 32.6 Å². The van der Waals surface area contributed by atoms with E-state index in [0.29, 0.717) is 19.7 Å². The van der Waals surface area contributed by atoms with Crippen LogP contribution in [0.5, 0.6) is 0 Å². The third-order valence-electron chi connectivity index (χ3n) is 4.16. The quantitative estimate of drug-likeness (QED) is 0.745. The van der Waals surface area contributed by atoms with Crippen molar-refractivity contribution in [3.63, 3.8) is 0 Å². The van der Waals surface area contributed by atoms with Gasteiger partial charge in [0.15, 0.2) is 0 Å². The van der Waals surface area contributed by atoms with Gasteiger partial charge in [-0.05, 0) is 31.9 Å². The number of hydrogen-bond donors (Lipinski definition) is 0. The molecular weight excluding hydrogens is 296 g/mol. The molecule has 2 fully saturated rings. The number of piperidine rings is 1. The molecule has 2 aliphatic heterocycles. The lowest BCUT2D eigenvalue weighted by molar-refractivity contribution is 0.159. The zero-order chi connectivity index (χ0) is 14.6. The van der Waals surface area contributed by atoms with Crippen molar-refractivity contribution in [3.8, 4) is 0 Å². The maximum atomic E-state index is 13.0. The normalized spacial score (nSPS) is 29.1. The molecule has 0 aromatic heterocycles. The second kappa shape index (κ2) is 7.45. The molecule has 118 valence electrons. The van der Waals surface area contributed by atoms with Crippen LogP contribution in [0.15, 0.2) is 0 Å². The molecule has 2 heterocycles. The van der Waals surface area contributed by atoms with Crippen molar-refractivity contribution in [2.75, 3.05) is 38.3 Å². The van der Waals surface area contributed by atoms with Gasteiger partial charge in [0.2, 0.25) is 0 Å². The summed E-state index contributed by atoms with van der Waals surface area (Å²) in [6.45, 7) is 3.61. The molecule has 0 saturated carbocycles. The zero-order valence-corrected chi connectivity index (χ0v) is 14.1. The molecule has 2 aliphatic rings. The first-order chi connectivity index (χ1) is 9.57. The average molecular weight is 322 g/mol. The van der Waals surface area contributed by atoms with Crippen LogP contribution >= 0.6 is 11.8 Å². The van der Waals surface area contributed by atoms with Gasteiger partial charge in [-0.15, -0.1) is 0 Å². The fourth-order valence-electron chi connectivity index (χ4n) is 2.97. The Hall–Kier alpha value is 0.180. The van der Waals surface area contributed by atoms with E-state index < -0.39 is 10.2 Å². The Labute approximate surface area is 127 Å². The van der Waals surface area contributed by atoms with Crippen molar-refractivity contribution in [1.82, 2.24) is 8.61 Å². The molecule has 20 heavy (non-hydrogen) atoms. The Bertz CT molecular complexity index is 396. The van der Waals surface area contributed by atoms with E-state index in [4.69, 9.17) is 4.74 Å². The summed E-state index contributed by atoms with van der Waals surface area (Å²) in [5, 5.41) is 0. The molecule has 0 bridgehead atoms. The monoisotopic (exact) mass is 322 g/mol. The molecule has 7 heteroatoms. The second-order valence-corrected chi connectivity index (χ2v) is 8.57. The highest BCUT2D eigenvalue weighted by atomic mass is 32.2. The molecule has 0 N–H and O–H groups in total. The van der Waals surface area contributed by atoms with Gasteiger partial charge in [0.1, 0.15) is 0 Å². The molecule has 5 nitrogen and oxygen atoms in total. The molecule has 0 aromatic rings. The van der Waals surface area contributed by atoms with E-state index >= 15 is 0 Å². The predicted octanol–water partition coefficient (Wildman–Crippen LogP) is 1.56. The fraction of sp³-hybridized carbons (Fsp3) is 1.00. The minimum atomic E-state index is -3.36. The average Bonchev–Trinajstić information content (AvgIpc) is 2.93. The number of methoxy groups -OCH3 is 1. The van der Waals surface area contributed by atoms with Gasteiger partial charge in [0, 0.05) is 38.0 Å². The first-order valence-electron chi connectivity index (χ1n) is 7.42. The molecule has 0 amide bonds. The van der Waals surface area contributed by atoms with E-state index in [9.17, 15) is 8.42 Å². The van der Waals surface area contributed by atoms with Crippen LogP contribution in [0.25, 0.3) is 0 Å². The van der Waals surface area contributed by atoms with Crippen molar-refractivity contribution >= 4 is 22.0 Å². The van der Waals surface area contributed by atoms with E-state index in [-0.39, 0.29) is 12.1 Å². The van der Waals surface area contributed by atoms with Crippen LogP contribution in [-0.4, -0.2) is 67.4 Å². The lowest BCUT2D eigenvalue weighted by Crippen LogP contribution is -2.53. The molecule has 0 spiro atoms. The molecule has 0 aromatic carbocycles. The van der Waals surface area contributed by atoms with Gasteiger partial charge in [-0.1, -0.05) is 6.42 Å². The van der Waals surface area contributed by atoms with Crippen molar-refractivity contribution in [1.29, 1.82) is 0 Å². The summed E-state index contributed by atoms with van der Waals surface area (Å²) in [7, 11) is -1.73. The minimum Gasteiger partial charge on any atom is -0.383 e. The molecule has 0 radical (unpaired) electrons. The molecule has 2 rings (SSSR count). The predicted molar refractivity (Wildman–Crippen MR) is 83.3 cm³/mol. The summed E-state index contributed by atoms with van der Waals surface area (Å²) < 4.78 is 34.5. The Kier molecular flexibility index (Phi) is 6.16. The summed E-state index contributed by atoms with van der Waals surface area (Å²) in [5.41, 5.74) is 0. The highest BCUT2D eigenvalue weighted by Gasteiger charge is 2.38. The summed E-state index contributed by atoms with van der Waals surface area (Å²) in [4.78, 5) is 0. The molecule has 0 unspecified atom stereocenters. The van der Waals surface area contributed by atoms with Crippen molar-refractivity contribution in [2.45, 2.75) is 44.7 Å². The Morgan fingerprint density at radius 1 is 1.35 bits per heavy atom. The number of nitrogens with zero attached hydrogens (tertiary/aromatic N) is 2. The molecule has 0 aliphatic carbocycles. The Morgan fingerprint density at radius 2 is 2.15 bits per heavy atom. The Balaban J connectivity index is 2.15. The van der Waals surface area contributed by atoms with Crippen LogP contribution in [-0.2, 0) is 14.9 Å². The number of rotatable bonds is 6. The Morgan fingerprint density at radius 3 is 2.75 bits per heavy atom. The third-order valence-corrected chi connectivity index (χ3v) is 7.52. The van der Waals surface area contributed by atoms with E-state index in [1.165, 1.54) is 0 Å². The molecule has 2 atom stereocenters. The second-order valence-electron chi connectivity index (χ2n) is 5.58. The van der Waals surface area contributed by atoms with Gasteiger partial charge in [-0.2, -0.15) is 28.8 Å². The SMILES string of the molecule is COCCN([C@H]1CCSC1)S(=O)(=O)N1CCCC[C@@H]1C. The smallest absolute Gasteiger partial charge is 0.282 e. The topological polar surface area (TPSA) is 49.9 Å². The van der Waals surface area contributed by atoms with Gasteiger partial charge in [-0.3, -0.25) is 0 Å². The summed E-state index contributed by atoms with van der Waals surface area (Å²) in [5.74, 6) is 1.96. The summed E-state index contributed by atoms with van der Waals surface area (Å²) in [6, 6.07) is 0.252. The highest BCUT2D eigenvalue weighted by molar-refractivity contribution is 7.99. The van der Waals surface area contributed by atoms with Gasteiger partial charge < -0.3 is 4.74 Å². The van der Waals surface area contributed by atoms with Crippen LogP contribution in [0.3, 0.4) is 0 Å². The number of hydrogen-bond acceptors (Lipinski definition) is 4. The van der Waals surface area contributed by atoms with Crippen molar-refractivity contribution < 1.29 is 13.2 Å².